The summed E-state index contributed by atoms with van der Waals surface area (Å²) in [7, 11) is 3.51. The van der Waals surface area contributed by atoms with Gasteiger partial charge in [-0.3, -0.25) is 0 Å². The average molecular weight is 759 g/mol. The Morgan fingerprint density at radius 2 is 1.00 bits per heavy atom. The van der Waals surface area contributed by atoms with Crippen LogP contribution in [-0.2, 0) is 38.5 Å². The fourth-order valence-corrected chi connectivity index (χ4v) is 10.4. The predicted octanol–water partition coefficient (Wildman–Crippen LogP) is 8.78. The van der Waals surface area contributed by atoms with E-state index in [1.165, 1.54) is 95.9 Å². The summed E-state index contributed by atoms with van der Waals surface area (Å²) >= 11 is 0. The van der Waals surface area contributed by atoms with Crippen LogP contribution in [0.3, 0.4) is 0 Å². The van der Waals surface area contributed by atoms with Crippen molar-refractivity contribution in [3.05, 3.63) is 129 Å². The summed E-state index contributed by atoms with van der Waals surface area (Å²) in [6.07, 6.45) is 17.7. The minimum Gasteiger partial charge on any atom is -0.496 e. The zero-order valence-electron chi connectivity index (χ0n) is 34.0. The van der Waals surface area contributed by atoms with Crippen molar-refractivity contribution >= 4 is 0 Å². The molecule has 6 N–H and O–H groups in total. The number of aryl methyl sites for hydroxylation is 4. The number of methoxy groups -OCH3 is 2. The second-order valence-corrected chi connectivity index (χ2v) is 17.9. The predicted molar refractivity (Wildman–Crippen MR) is 228 cm³/mol. The minimum atomic E-state index is -0.371. The number of hydrogen-bond donors (Lipinski definition) is 4. The number of nitrogens with two attached hydrogens (primary N) is 2. The van der Waals surface area contributed by atoms with Gasteiger partial charge < -0.3 is 31.2 Å². The van der Waals surface area contributed by atoms with Crippen molar-refractivity contribution in [2.75, 3.05) is 27.4 Å². The maximum atomic E-state index is 9.54. The number of fused-ring (bicyclic) bond motifs is 2. The summed E-state index contributed by atoms with van der Waals surface area (Å²) in [5.41, 5.74) is 23.4. The highest BCUT2D eigenvalue weighted by Crippen LogP contribution is 2.42. The third-order valence-corrected chi connectivity index (χ3v) is 14.0. The standard InChI is InChI=1S/2C25H33NO2/c2*1-28-24-5-3-2-4-19(24)8-6-18-7-9-21-15-22(11-10-20(21)14-18)23-12-13-25(26,16-23)17-27/h2*2-5,10-11,15,18,23,27H,6-9,12-14,16-17,26H2,1H3/t18-,23+,25-;18-,23-,25+/m10/s1. The first-order chi connectivity index (χ1) is 27.2. The van der Waals surface area contributed by atoms with Crippen LogP contribution in [0.15, 0.2) is 84.9 Å². The molecule has 0 heterocycles. The molecule has 0 unspecified atom stereocenters. The molecule has 4 aliphatic rings. The second-order valence-electron chi connectivity index (χ2n) is 17.9. The molecule has 56 heavy (non-hydrogen) atoms. The van der Waals surface area contributed by atoms with Crippen molar-refractivity contribution < 1.29 is 19.7 Å². The van der Waals surface area contributed by atoms with E-state index in [2.05, 4.69) is 72.8 Å². The van der Waals surface area contributed by atoms with Crippen molar-refractivity contribution in [2.24, 2.45) is 23.3 Å². The molecule has 6 atom stereocenters. The average Bonchev–Trinajstić information content (AvgIpc) is 3.85. The molecule has 4 aliphatic carbocycles. The van der Waals surface area contributed by atoms with Gasteiger partial charge in [-0.25, -0.2) is 0 Å². The fourth-order valence-electron chi connectivity index (χ4n) is 10.4. The molecule has 6 heteroatoms. The van der Waals surface area contributed by atoms with E-state index in [-0.39, 0.29) is 24.3 Å². The zero-order valence-corrected chi connectivity index (χ0v) is 34.0. The van der Waals surface area contributed by atoms with E-state index in [9.17, 15) is 10.2 Å². The Morgan fingerprint density at radius 1 is 0.571 bits per heavy atom. The molecule has 2 saturated carbocycles. The SMILES string of the molecule is COc1ccccc1CC[C@@H]1CCc2cc([C@H]3CC[C@](N)(CO)C3)ccc2C1.COc1ccccc1CC[C@H]1CCc2cc([C@H]3CC[C@](N)(CO)C3)ccc2C1. The van der Waals surface area contributed by atoms with Crippen molar-refractivity contribution in [1.82, 2.24) is 0 Å². The van der Waals surface area contributed by atoms with Crippen LogP contribution in [0, 0.1) is 11.8 Å². The maximum absolute atomic E-state index is 9.54. The van der Waals surface area contributed by atoms with Gasteiger partial charge >= 0.3 is 0 Å². The molecular formula is C50H66N2O4. The number of hydrogen-bond acceptors (Lipinski definition) is 6. The molecule has 0 saturated heterocycles. The van der Waals surface area contributed by atoms with Gasteiger partial charge in [0.1, 0.15) is 11.5 Å². The number of para-hydroxylation sites is 2. The van der Waals surface area contributed by atoms with E-state index in [4.69, 9.17) is 20.9 Å². The molecule has 300 valence electrons. The Balaban J connectivity index is 0.000000172. The van der Waals surface area contributed by atoms with Crippen molar-refractivity contribution in [1.29, 1.82) is 0 Å². The van der Waals surface area contributed by atoms with Gasteiger partial charge in [0.2, 0.25) is 0 Å². The number of aliphatic hydroxyl groups excluding tert-OH is 2. The Labute approximate surface area is 336 Å². The van der Waals surface area contributed by atoms with Gasteiger partial charge in [-0.2, -0.15) is 0 Å². The lowest BCUT2D eigenvalue weighted by atomic mass is 9.79. The van der Waals surface area contributed by atoms with Crippen LogP contribution < -0.4 is 20.9 Å². The monoisotopic (exact) mass is 759 g/mol. The van der Waals surface area contributed by atoms with Crippen LogP contribution in [0.5, 0.6) is 11.5 Å². The third-order valence-electron chi connectivity index (χ3n) is 14.0. The van der Waals surface area contributed by atoms with Gasteiger partial charge in [0, 0.05) is 11.1 Å². The van der Waals surface area contributed by atoms with Crippen LogP contribution in [0.4, 0.5) is 0 Å². The Morgan fingerprint density at radius 3 is 1.39 bits per heavy atom. The first-order valence-corrected chi connectivity index (χ1v) is 21.5. The first-order valence-electron chi connectivity index (χ1n) is 21.5. The smallest absolute Gasteiger partial charge is 0.122 e. The topological polar surface area (TPSA) is 111 Å². The van der Waals surface area contributed by atoms with Gasteiger partial charge in [-0.1, -0.05) is 72.8 Å². The molecular weight excluding hydrogens is 693 g/mol. The summed E-state index contributed by atoms with van der Waals surface area (Å²) in [6.45, 7) is 0.199. The highest BCUT2D eigenvalue weighted by atomic mass is 16.5. The van der Waals surface area contributed by atoms with Gasteiger partial charge in [0.05, 0.1) is 27.4 Å². The number of benzene rings is 4. The van der Waals surface area contributed by atoms with Gasteiger partial charge in [-0.15, -0.1) is 0 Å². The summed E-state index contributed by atoms with van der Waals surface area (Å²) < 4.78 is 11.0. The molecule has 0 bridgehead atoms. The van der Waals surface area contributed by atoms with E-state index >= 15 is 0 Å². The van der Waals surface area contributed by atoms with Gasteiger partial charge in [-0.05, 0) is 183 Å². The number of ether oxygens (including phenoxy) is 2. The van der Waals surface area contributed by atoms with Gasteiger partial charge in [0.15, 0.2) is 0 Å². The molecule has 2 fully saturated rings. The Hall–Kier alpha value is -3.68. The largest absolute Gasteiger partial charge is 0.496 e. The van der Waals surface area contributed by atoms with Crippen LogP contribution in [0.1, 0.15) is 121 Å². The number of aliphatic hydroxyl groups is 2. The van der Waals surface area contributed by atoms with Crippen LogP contribution in [0.25, 0.3) is 0 Å². The zero-order chi connectivity index (χ0) is 39.1. The van der Waals surface area contributed by atoms with E-state index in [1.807, 2.05) is 12.1 Å². The van der Waals surface area contributed by atoms with Gasteiger partial charge in [0.25, 0.3) is 0 Å². The number of rotatable bonds is 12. The molecule has 8 rings (SSSR count). The fraction of sp³-hybridized carbons (Fsp3) is 0.520. The highest BCUT2D eigenvalue weighted by molar-refractivity contribution is 5.39. The third kappa shape index (κ3) is 9.70. The minimum absolute atomic E-state index is 0.0995. The molecule has 0 spiro atoms. The second kappa shape index (κ2) is 18.3. The van der Waals surface area contributed by atoms with E-state index in [1.54, 1.807) is 14.2 Å². The lowest BCUT2D eigenvalue weighted by Crippen LogP contribution is -2.40. The summed E-state index contributed by atoms with van der Waals surface area (Å²) in [5.74, 6) is 4.54. The molecule has 0 radical (unpaired) electrons. The molecule has 4 aromatic rings. The summed E-state index contributed by atoms with van der Waals surface area (Å²) in [5, 5.41) is 19.1. The van der Waals surface area contributed by atoms with Crippen LogP contribution >= 0.6 is 0 Å². The normalized spacial score (nSPS) is 26.8. The van der Waals surface area contributed by atoms with E-state index < -0.39 is 0 Å². The van der Waals surface area contributed by atoms with E-state index in [0.717, 1.165) is 74.7 Å². The van der Waals surface area contributed by atoms with Crippen molar-refractivity contribution in [2.45, 2.75) is 126 Å². The highest BCUT2D eigenvalue weighted by Gasteiger charge is 2.37. The maximum Gasteiger partial charge on any atom is 0.122 e. The first kappa shape index (κ1) is 40.5. The molecule has 6 nitrogen and oxygen atoms in total. The molecule has 0 aromatic heterocycles. The van der Waals surface area contributed by atoms with E-state index in [0.29, 0.717) is 11.8 Å². The molecule has 0 amide bonds. The quantitative estimate of drug-likeness (QED) is 0.115. The molecule has 0 aliphatic heterocycles. The lowest BCUT2D eigenvalue weighted by Gasteiger charge is -2.26. The van der Waals surface area contributed by atoms with Crippen molar-refractivity contribution in [3.63, 3.8) is 0 Å². The Bertz CT molecular complexity index is 1770. The molecule has 4 aromatic carbocycles. The Kier molecular flexibility index (Phi) is 13.2. The van der Waals surface area contributed by atoms with Crippen LogP contribution in [-0.4, -0.2) is 48.7 Å². The summed E-state index contributed by atoms with van der Waals surface area (Å²) in [6, 6.07) is 31.0. The van der Waals surface area contributed by atoms with Crippen molar-refractivity contribution in [3.8, 4) is 11.5 Å². The van der Waals surface area contributed by atoms with Crippen LogP contribution in [0.2, 0.25) is 0 Å². The summed E-state index contributed by atoms with van der Waals surface area (Å²) in [4.78, 5) is 0. The lowest BCUT2D eigenvalue weighted by molar-refractivity contribution is 0.198.